The van der Waals surface area contributed by atoms with E-state index in [-0.39, 0.29) is 5.60 Å². The summed E-state index contributed by atoms with van der Waals surface area (Å²) in [5, 5.41) is 11.7. The van der Waals surface area contributed by atoms with Crippen LogP contribution in [0.25, 0.3) is 0 Å². The van der Waals surface area contributed by atoms with Gasteiger partial charge >= 0.3 is 6.09 Å². The summed E-state index contributed by atoms with van der Waals surface area (Å²) < 4.78 is 10.9. The topological polar surface area (TPSA) is 89.1 Å². The van der Waals surface area contributed by atoms with E-state index in [1.54, 1.807) is 18.5 Å². The Kier molecular flexibility index (Phi) is 4.42. The Balaban J connectivity index is 0.000000272. The summed E-state index contributed by atoms with van der Waals surface area (Å²) in [7, 11) is 1.52. The number of ether oxygens (including phenoxy) is 2. The van der Waals surface area contributed by atoms with E-state index in [1.807, 2.05) is 26.0 Å². The molecule has 2 heterocycles. The van der Waals surface area contributed by atoms with Crippen LogP contribution in [0, 0.1) is 0 Å². The first-order valence-corrected chi connectivity index (χ1v) is 6.52. The summed E-state index contributed by atoms with van der Waals surface area (Å²) in [5.41, 5.74) is 0.844. The van der Waals surface area contributed by atoms with Crippen LogP contribution in [0.5, 0.6) is 11.5 Å². The van der Waals surface area contributed by atoms with Crippen molar-refractivity contribution in [3.05, 3.63) is 36.2 Å². The first-order chi connectivity index (χ1) is 10.0. The molecule has 0 saturated heterocycles. The number of aromatic amines is 1. The third kappa shape index (κ3) is 3.95. The molecule has 7 heteroatoms. The van der Waals surface area contributed by atoms with Crippen molar-refractivity contribution in [1.29, 1.82) is 0 Å². The predicted molar refractivity (Wildman–Crippen MR) is 76.3 cm³/mol. The minimum absolute atomic E-state index is 0.232. The second-order valence-corrected chi connectivity index (χ2v) is 5.08. The molecule has 0 unspecified atom stereocenters. The molecule has 0 spiro atoms. The standard InChI is InChI=1S/C12H15NO3.C2H3N3/c1-12(2)7-8-5-4-6-9(10(8)16-12)15-11(14)13-3;1-2-4-5-3-1/h4-6H,7H2,1-3H3,(H,13,14);1-2H,(H,3,4,5). The lowest BCUT2D eigenvalue weighted by molar-refractivity contribution is 0.133. The molecule has 1 amide bonds. The van der Waals surface area contributed by atoms with Crippen molar-refractivity contribution in [2.75, 3.05) is 7.05 Å². The predicted octanol–water partition coefficient (Wildman–Crippen LogP) is 1.92. The molecule has 2 aromatic rings. The Morgan fingerprint density at radius 3 is 2.67 bits per heavy atom. The lowest BCUT2D eigenvalue weighted by Crippen LogP contribution is -2.25. The van der Waals surface area contributed by atoms with E-state index in [0.29, 0.717) is 11.5 Å². The van der Waals surface area contributed by atoms with Crippen molar-refractivity contribution < 1.29 is 14.3 Å². The van der Waals surface area contributed by atoms with Crippen LogP contribution in [-0.2, 0) is 6.42 Å². The summed E-state index contributed by atoms with van der Waals surface area (Å²) in [5.74, 6) is 1.15. The number of aromatic nitrogens is 3. The summed E-state index contributed by atoms with van der Waals surface area (Å²) in [6.45, 7) is 4.02. The SMILES string of the molecule is CNC(=O)Oc1cccc2c1OC(C)(C)C2.c1cn[nH]n1. The highest BCUT2D eigenvalue weighted by Crippen LogP contribution is 2.41. The van der Waals surface area contributed by atoms with Crippen LogP contribution in [0.15, 0.2) is 30.6 Å². The molecular formula is C14H18N4O3. The molecule has 112 valence electrons. The van der Waals surface area contributed by atoms with Gasteiger partial charge in [0.15, 0.2) is 11.5 Å². The van der Waals surface area contributed by atoms with E-state index in [2.05, 4.69) is 20.7 Å². The second kappa shape index (κ2) is 6.25. The van der Waals surface area contributed by atoms with Gasteiger partial charge in [0.25, 0.3) is 0 Å². The number of benzene rings is 1. The molecule has 0 fully saturated rings. The van der Waals surface area contributed by atoms with E-state index in [0.717, 1.165) is 12.0 Å². The van der Waals surface area contributed by atoms with Gasteiger partial charge in [-0.15, -0.1) is 0 Å². The largest absolute Gasteiger partial charge is 0.483 e. The maximum absolute atomic E-state index is 11.2. The molecule has 2 N–H and O–H groups in total. The number of para-hydroxylation sites is 1. The highest BCUT2D eigenvalue weighted by atomic mass is 16.6. The second-order valence-electron chi connectivity index (χ2n) is 5.08. The van der Waals surface area contributed by atoms with Crippen molar-refractivity contribution in [3.63, 3.8) is 0 Å². The summed E-state index contributed by atoms with van der Waals surface area (Å²) in [6, 6.07) is 5.58. The molecule has 1 aromatic carbocycles. The Morgan fingerprint density at radius 2 is 2.10 bits per heavy atom. The Labute approximate surface area is 122 Å². The van der Waals surface area contributed by atoms with Crippen LogP contribution in [0.3, 0.4) is 0 Å². The van der Waals surface area contributed by atoms with Crippen LogP contribution < -0.4 is 14.8 Å². The first-order valence-electron chi connectivity index (χ1n) is 6.52. The van der Waals surface area contributed by atoms with Gasteiger partial charge in [0.05, 0.1) is 12.4 Å². The van der Waals surface area contributed by atoms with Crippen LogP contribution in [0.2, 0.25) is 0 Å². The number of carbonyl (C=O) groups excluding carboxylic acids is 1. The molecule has 1 aromatic heterocycles. The molecule has 1 aliphatic heterocycles. The molecule has 1 aliphatic rings. The van der Waals surface area contributed by atoms with Gasteiger partial charge in [0.1, 0.15) is 5.60 Å². The monoisotopic (exact) mass is 290 g/mol. The molecule has 7 nitrogen and oxygen atoms in total. The number of hydrogen-bond donors (Lipinski definition) is 2. The highest BCUT2D eigenvalue weighted by Gasteiger charge is 2.32. The molecule has 3 rings (SSSR count). The molecule has 0 radical (unpaired) electrons. The maximum atomic E-state index is 11.2. The molecule has 21 heavy (non-hydrogen) atoms. The quantitative estimate of drug-likeness (QED) is 0.837. The van der Waals surface area contributed by atoms with Crippen molar-refractivity contribution in [2.45, 2.75) is 25.9 Å². The molecule has 0 saturated carbocycles. The van der Waals surface area contributed by atoms with Crippen molar-refractivity contribution in [3.8, 4) is 11.5 Å². The van der Waals surface area contributed by atoms with E-state index in [4.69, 9.17) is 9.47 Å². The van der Waals surface area contributed by atoms with Gasteiger partial charge in [0, 0.05) is 19.0 Å². The smallest absolute Gasteiger partial charge is 0.412 e. The fourth-order valence-electron chi connectivity index (χ4n) is 1.99. The van der Waals surface area contributed by atoms with Crippen molar-refractivity contribution in [1.82, 2.24) is 20.7 Å². The number of rotatable bonds is 1. The number of carbonyl (C=O) groups is 1. The van der Waals surface area contributed by atoms with E-state index < -0.39 is 6.09 Å². The average Bonchev–Trinajstić information content (AvgIpc) is 3.08. The highest BCUT2D eigenvalue weighted by molar-refractivity contribution is 5.71. The van der Waals surface area contributed by atoms with E-state index >= 15 is 0 Å². The third-order valence-electron chi connectivity index (χ3n) is 2.79. The van der Waals surface area contributed by atoms with Crippen LogP contribution in [0.1, 0.15) is 19.4 Å². The van der Waals surface area contributed by atoms with Crippen molar-refractivity contribution >= 4 is 6.09 Å². The van der Waals surface area contributed by atoms with Gasteiger partial charge in [-0.05, 0) is 19.9 Å². The van der Waals surface area contributed by atoms with Gasteiger partial charge in [-0.2, -0.15) is 15.4 Å². The number of hydrogen-bond acceptors (Lipinski definition) is 5. The van der Waals surface area contributed by atoms with Gasteiger partial charge in [-0.1, -0.05) is 12.1 Å². The van der Waals surface area contributed by atoms with Gasteiger partial charge < -0.3 is 14.8 Å². The minimum Gasteiger partial charge on any atom is -0.483 e. The fourth-order valence-corrected chi connectivity index (χ4v) is 1.99. The maximum Gasteiger partial charge on any atom is 0.412 e. The normalized spacial score (nSPS) is 14.2. The minimum atomic E-state index is -0.485. The average molecular weight is 290 g/mol. The third-order valence-corrected chi connectivity index (χ3v) is 2.79. The summed E-state index contributed by atoms with van der Waals surface area (Å²) in [6.07, 6.45) is 3.51. The summed E-state index contributed by atoms with van der Waals surface area (Å²) >= 11 is 0. The first kappa shape index (κ1) is 14.8. The van der Waals surface area contributed by atoms with E-state index in [9.17, 15) is 4.79 Å². The van der Waals surface area contributed by atoms with Crippen molar-refractivity contribution in [2.24, 2.45) is 0 Å². The Bertz CT molecular complexity index is 579. The number of fused-ring (bicyclic) bond motifs is 1. The number of nitrogens with one attached hydrogen (secondary N) is 2. The lowest BCUT2D eigenvalue weighted by atomic mass is 10.0. The number of nitrogens with zero attached hydrogens (tertiary/aromatic N) is 2. The van der Waals surface area contributed by atoms with Gasteiger partial charge in [0.2, 0.25) is 0 Å². The zero-order valence-electron chi connectivity index (χ0n) is 12.2. The fraction of sp³-hybridized carbons (Fsp3) is 0.357. The zero-order chi connectivity index (χ0) is 15.3. The van der Waals surface area contributed by atoms with Crippen LogP contribution in [-0.4, -0.2) is 34.2 Å². The lowest BCUT2D eigenvalue weighted by Gasteiger charge is -2.17. The Hall–Kier alpha value is -2.57. The number of H-pyrrole nitrogens is 1. The van der Waals surface area contributed by atoms with E-state index in [1.165, 1.54) is 7.05 Å². The number of amides is 1. The molecule has 0 atom stereocenters. The molecule has 0 bridgehead atoms. The summed E-state index contributed by atoms with van der Waals surface area (Å²) in [4.78, 5) is 11.2. The van der Waals surface area contributed by atoms with Gasteiger partial charge in [-0.25, -0.2) is 4.79 Å². The Morgan fingerprint density at radius 1 is 1.38 bits per heavy atom. The molecular weight excluding hydrogens is 272 g/mol. The van der Waals surface area contributed by atoms with Crippen LogP contribution in [0.4, 0.5) is 4.79 Å². The molecule has 0 aliphatic carbocycles. The van der Waals surface area contributed by atoms with Gasteiger partial charge in [-0.3, -0.25) is 0 Å². The van der Waals surface area contributed by atoms with Crippen LogP contribution >= 0.6 is 0 Å². The zero-order valence-corrected chi connectivity index (χ0v) is 12.2.